The fraction of sp³-hybridized carbons (Fsp3) is 0.208. The van der Waals surface area contributed by atoms with E-state index in [2.05, 4.69) is 15.6 Å². The first-order chi connectivity index (χ1) is 16.4. The van der Waals surface area contributed by atoms with Crippen molar-refractivity contribution in [3.05, 3.63) is 70.5 Å². The monoisotopic (exact) mass is 456 g/mol. The van der Waals surface area contributed by atoms with Gasteiger partial charge in [0.25, 0.3) is 5.91 Å². The van der Waals surface area contributed by atoms with Crippen molar-refractivity contribution < 1.29 is 14.8 Å². The number of hydrogen-bond donors (Lipinski definition) is 6. The quantitative estimate of drug-likeness (QED) is 0.237. The average molecular weight is 456 g/mol. The van der Waals surface area contributed by atoms with Crippen molar-refractivity contribution in [2.24, 2.45) is 5.73 Å². The molecule has 0 spiro atoms. The fourth-order valence-electron chi connectivity index (χ4n) is 4.51. The number of nitrogens with one attached hydrogen (secondary N) is 3. The molecular weight excluding hydrogens is 431 g/mol. The number of carbonyl (C=O) groups is 1. The van der Waals surface area contributed by atoms with Crippen molar-refractivity contribution in [1.82, 2.24) is 20.3 Å². The lowest BCUT2D eigenvalue weighted by atomic mass is 9.79. The van der Waals surface area contributed by atoms with Crippen LogP contribution in [0.15, 0.2) is 42.5 Å². The van der Waals surface area contributed by atoms with E-state index in [-0.39, 0.29) is 0 Å². The molecule has 1 aliphatic rings. The van der Waals surface area contributed by atoms with E-state index in [1.54, 1.807) is 30.3 Å². The van der Waals surface area contributed by atoms with Crippen LogP contribution >= 0.6 is 0 Å². The number of amides is 1. The molecule has 0 unspecified atom stereocenters. The molecule has 7 N–H and O–H groups in total. The Morgan fingerprint density at radius 1 is 1.21 bits per heavy atom. The van der Waals surface area contributed by atoms with E-state index >= 15 is 0 Å². The van der Waals surface area contributed by atoms with Gasteiger partial charge in [0, 0.05) is 35.3 Å². The molecule has 0 radical (unpaired) electrons. The molecule has 1 aliphatic heterocycles. The number of aryl methyl sites for hydroxylation is 1. The Labute approximate surface area is 196 Å². The van der Waals surface area contributed by atoms with Gasteiger partial charge in [-0.3, -0.25) is 4.79 Å². The third kappa shape index (κ3) is 4.03. The first-order valence-electron chi connectivity index (χ1n) is 11.1. The first-order valence-corrected chi connectivity index (χ1v) is 11.1. The summed E-state index contributed by atoms with van der Waals surface area (Å²) < 4.78 is 0. The minimum atomic E-state index is -1.51. The number of fused-ring (bicyclic) bond motifs is 2. The highest BCUT2D eigenvalue weighted by molar-refractivity contribution is 6.58. The summed E-state index contributed by atoms with van der Waals surface area (Å²) >= 11 is 0. The summed E-state index contributed by atoms with van der Waals surface area (Å²) in [6, 6.07) is 12.6. The van der Waals surface area contributed by atoms with Gasteiger partial charge in [-0.05, 0) is 37.0 Å². The predicted molar refractivity (Wildman–Crippen MR) is 132 cm³/mol. The van der Waals surface area contributed by atoms with Gasteiger partial charge in [0.1, 0.15) is 5.82 Å². The lowest BCUT2D eigenvalue weighted by Crippen LogP contribution is -2.30. The second-order valence-corrected chi connectivity index (χ2v) is 8.44. The second kappa shape index (κ2) is 8.90. The number of anilines is 1. The molecule has 9 nitrogen and oxygen atoms in total. The number of nitrogens with two attached hydrogens (primary N) is 1. The number of benzene rings is 2. The smallest absolute Gasteiger partial charge is 0.423 e. The molecule has 0 aliphatic carbocycles. The van der Waals surface area contributed by atoms with Crippen molar-refractivity contribution in [1.29, 1.82) is 0 Å². The van der Waals surface area contributed by atoms with Crippen molar-refractivity contribution in [3.8, 4) is 11.4 Å². The minimum Gasteiger partial charge on any atom is -0.423 e. The average Bonchev–Trinajstić information content (AvgIpc) is 3.18. The van der Waals surface area contributed by atoms with Crippen LogP contribution in [0.3, 0.4) is 0 Å². The van der Waals surface area contributed by atoms with Gasteiger partial charge in [-0.15, -0.1) is 0 Å². The van der Waals surface area contributed by atoms with E-state index in [4.69, 9.17) is 15.7 Å². The highest BCUT2D eigenvalue weighted by Crippen LogP contribution is 2.34. The van der Waals surface area contributed by atoms with Crippen LogP contribution in [0.5, 0.6) is 0 Å². The van der Waals surface area contributed by atoms with Gasteiger partial charge in [0.2, 0.25) is 0 Å². The van der Waals surface area contributed by atoms with Crippen LogP contribution in [0.1, 0.15) is 32.9 Å². The number of para-hydroxylation sites is 1. The summed E-state index contributed by atoms with van der Waals surface area (Å²) in [6.45, 7) is 3.87. The Balaban J connectivity index is 1.57. The molecule has 2 aromatic carbocycles. The zero-order chi connectivity index (χ0) is 23.8. The van der Waals surface area contributed by atoms with Gasteiger partial charge >= 0.3 is 7.12 Å². The SMILES string of the molecule is Cc1[nH]c2c(C(N)=O)cccc2c1-c1nc2c(c(NCc3cccc(B(O)O)c3)n1)CCNC2. The normalized spacial score (nSPS) is 13.0. The zero-order valence-electron chi connectivity index (χ0n) is 18.7. The molecule has 10 heteroatoms. The third-order valence-electron chi connectivity index (χ3n) is 6.16. The largest absolute Gasteiger partial charge is 0.488 e. The van der Waals surface area contributed by atoms with Crippen LogP contribution < -0.4 is 21.8 Å². The van der Waals surface area contributed by atoms with Crippen LogP contribution in [0.2, 0.25) is 0 Å². The number of aromatic amines is 1. The summed E-state index contributed by atoms with van der Waals surface area (Å²) in [7, 11) is -1.51. The molecule has 0 fully saturated rings. The van der Waals surface area contributed by atoms with Gasteiger partial charge in [-0.25, -0.2) is 9.97 Å². The third-order valence-corrected chi connectivity index (χ3v) is 6.16. The molecule has 0 bridgehead atoms. The molecular formula is C24H25BN6O3. The number of primary amides is 1. The number of H-pyrrole nitrogens is 1. The molecule has 5 rings (SSSR count). The number of rotatable bonds is 6. The van der Waals surface area contributed by atoms with Gasteiger partial charge in [0.15, 0.2) is 5.82 Å². The lowest BCUT2D eigenvalue weighted by molar-refractivity contribution is 0.100. The molecule has 34 heavy (non-hydrogen) atoms. The lowest BCUT2D eigenvalue weighted by Gasteiger charge is -2.21. The van der Waals surface area contributed by atoms with E-state index in [1.165, 1.54) is 0 Å². The molecule has 2 aromatic heterocycles. The Hall–Kier alpha value is -3.73. The minimum absolute atomic E-state index is 0.427. The number of carbonyl (C=O) groups excluding carboxylic acids is 1. The standard InChI is InChI=1S/C24H25BN6O3/c1-13-20(17-6-3-7-18(22(26)32)21(17)29-13)24-30-19-12-27-9-8-16(19)23(31-24)28-11-14-4-2-5-15(10-14)25(33)34/h2-7,10,27,29,33-34H,8-9,11-12H2,1H3,(H2,26,32)(H,28,30,31). The molecule has 172 valence electrons. The van der Waals surface area contributed by atoms with Crippen molar-refractivity contribution in [2.75, 3.05) is 11.9 Å². The topological polar surface area (TPSA) is 149 Å². The van der Waals surface area contributed by atoms with Crippen molar-refractivity contribution in [2.45, 2.75) is 26.4 Å². The Kier molecular flexibility index (Phi) is 5.78. The second-order valence-electron chi connectivity index (χ2n) is 8.44. The van der Waals surface area contributed by atoms with E-state index in [1.807, 2.05) is 19.1 Å². The molecule has 0 saturated carbocycles. The fourth-order valence-corrected chi connectivity index (χ4v) is 4.51. The molecule has 1 amide bonds. The van der Waals surface area contributed by atoms with E-state index in [9.17, 15) is 14.8 Å². The van der Waals surface area contributed by atoms with Crippen LogP contribution in [-0.4, -0.2) is 44.6 Å². The highest BCUT2D eigenvalue weighted by Gasteiger charge is 2.22. The van der Waals surface area contributed by atoms with Gasteiger partial charge in [-0.2, -0.15) is 0 Å². The summed E-state index contributed by atoms with van der Waals surface area (Å²) in [5.41, 5.74) is 11.7. The van der Waals surface area contributed by atoms with Crippen LogP contribution in [0.25, 0.3) is 22.3 Å². The Bertz CT molecular complexity index is 1400. The summed E-state index contributed by atoms with van der Waals surface area (Å²) in [4.78, 5) is 25.0. The maximum atomic E-state index is 11.9. The summed E-state index contributed by atoms with van der Waals surface area (Å²) in [5.74, 6) is 0.817. The molecule has 0 atom stereocenters. The number of hydrogen-bond acceptors (Lipinski definition) is 7. The number of nitrogens with zero attached hydrogens (tertiary/aromatic N) is 2. The van der Waals surface area contributed by atoms with Crippen molar-refractivity contribution in [3.63, 3.8) is 0 Å². The zero-order valence-corrected chi connectivity index (χ0v) is 18.7. The Morgan fingerprint density at radius 2 is 2.03 bits per heavy atom. The molecule has 3 heterocycles. The summed E-state index contributed by atoms with van der Waals surface area (Å²) in [6.07, 6.45) is 0.798. The number of aromatic nitrogens is 3. The predicted octanol–water partition coefficient (Wildman–Crippen LogP) is 0.970. The van der Waals surface area contributed by atoms with E-state index in [0.29, 0.717) is 35.5 Å². The van der Waals surface area contributed by atoms with Gasteiger partial charge in [-0.1, -0.05) is 36.4 Å². The first kappa shape index (κ1) is 22.1. The van der Waals surface area contributed by atoms with Gasteiger partial charge in [0.05, 0.1) is 16.8 Å². The highest BCUT2D eigenvalue weighted by atomic mass is 16.4. The van der Waals surface area contributed by atoms with Gasteiger partial charge < -0.3 is 31.4 Å². The van der Waals surface area contributed by atoms with E-state index < -0.39 is 13.0 Å². The molecule has 4 aromatic rings. The maximum absolute atomic E-state index is 11.9. The van der Waals surface area contributed by atoms with Crippen LogP contribution in [-0.2, 0) is 19.5 Å². The van der Waals surface area contributed by atoms with E-state index in [0.717, 1.165) is 52.2 Å². The summed E-state index contributed by atoms with van der Waals surface area (Å²) in [5, 5.41) is 26.6. The van der Waals surface area contributed by atoms with Crippen molar-refractivity contribution >= 4 is 35.2 Å². The maximum Gasteiger partial charge on any atom is 0.488 e. The Morgan fingerprint density at radius 3 is 2.82 bits per heavy atom. The van der Waals surface area contributed by atoms with Crippen LogP contribution in [0, 0.1) is 6.92 Å². The molecule has 0 saturated heterocycles. The van der Waals surface area contributed by atoms with Crippen LogP contribution in [0.4, 0.5) is 5.82 Å².